The van der Waals surface area contributed by atoms with Gasteiger partial charge in [0.25, 0.3) is 5.91 Å². The lowest BCUT2D eigenvalue weighted by atomic mass is 10.1. The van der Waals surface area contributed by atoms with E-state index in [-0.39, 0.29) is 17.1 Å². The Morgan fingerprint density at radius 2 is 1.96 bits per heavy atom. The number of esters is 1. The van der Waals surface area contributed by atoms with Gasteiger partial charge in [0.15, 0.2) is 6.61 Å². The predicted molar refractivity (Wildman–Crippen MR) is 95.7 cm³/mol. The van der Waals surface area contributed by atoms with Crippen molar-refractivity contribution < 1.29 is 23.1 Å². The van der Waals surface area contributed by atoms with Crippen LogP contribution in [0.3, 0.4) is 0 Å². The van der Waals surface area contributed by atoms with Crippen molar-refractivity contribution in [3.8, 4) is 11.3 Å². The maximum atomic E-state index is 13.8. The van der Waals surface area contributed by atoms with E-state index in [1.54, 1.807) is 30.8 Å². The number of ether oxygens (including phenoxy) is 1. The Labute approximate surface area is 154 Å². The number of nitrogens with zero attached hydrogens (tertiary/aromatic N) is 2. The zero-order valence-electron chi connectivity index (χ0n) is 15.1. The van der Waals surface area contributed by atoms with Gasteiger partial charge in [0.05, 0.1) is 22.6 Å². The number of hydrogen-bond donors (Lipinski definition) is 1. The Balaban J connectivity index is 1.61. The Bertz CT molecular complexity index is 1010. The van der Waals surface area contributed by atoms with Crippen LogP contribution in [-0.4, -0.2) is 28.3 Å². The Hall–Kier alpha value is -3.42. The van der Waals surface area contributed by atoms with E-state index in [4.69, 9.17) is 9.15 Å². The molecule has 0 unspecified atom stereocenters. The molecule has 0 fully saturated rings. The molecule has 3 aromatic rings. The van der Waals surface area contributed by atoms with Gasteiger partial charge in [-0.15, -0.1) is 0 Å². The van der Waals surface area contributed by atoms with E-state index >= 15 is 0 Å². The van der Waals surface area contributed by atoms with Crippen LogP contribution in [0, 0.1) is 19.7 Å². The predicted octanol–water partition coefficient (Wildman–Crippen LogP) is 3.23. The SMILES string of the molecule is Cc1nn(C)c(C)c1NC(=O)COC(=O)c1ccc(-c2ccccc2F)o1. The second-order valence-electron chi connectivity index (χ2n) is 5.94. The van der Waals surface area contributed by atoms with E-state index in [1.165, 1.54) is 24.3 Å². The molecule has 140 valence electrons. The van der Waals surface area contributed by atoms with Gasteiger partial charge < -0.3 is 14.5 Å². The number of anilines is 1. The maximum absolute atomic E-state index is 13.8. The smallest absolute Gasteiger partial charge is 0.374 e. The van der Waals surface area contributed by atoms with Crippen molar-refractivity contribution in [3.05, 3.63) is 59.4 Å². The van der Waals surface area contributed by atoms with Gasteiger partial charge in [0.1, 0.15) is 11.6 Å². The molecule has 0 aliphatic rings. The highest BCUT2D eigenvalue weighted by atomic mass is 19.1. The molecule has 2 aromatic heterocycles. The fraction of sp³-hybridized carbons (Fsp3) is 0.211. The first-order chi connectivity index (χ1) is 12.9. The Morgan fingerprint density at radius 3 is 2.63 bits per heavy atom. The average molecular weight is 371 g/mol. The van der Waals surface area contributed by atoms with Crippen molar-refractivity contribution in [3.63, 3.8) is 0 Å². The lowest BCUT2D eigenvalue weighted by Crippen LogP contribution is -2.21. The van der Waals surface area contributed by atoms with E-state index in [9.17, 15) is 14.0 Å². The molecule has 8 heteroatoms. The van der Waals surface area contributed by atoms with Crippen LogP contribution in [0.2, 0.25) is 0 Å². The molecule has 3 rings (SSSR count). The summed E-state index contributed by atoms with van der Waals surface area (Å²) in [6.45, 7) is 3.10. The van der Waals surface area contributed by atoms with Gasteiger partial charge in [-0.2, -0.15) is 5.10 Å². The third kappa shape index (κ3) is 3.89. The lowest BCUT2D eigenvalue weighted by molar-refractivity contribution is -0.119. The summed E-state index contributed by atoms with van der Waals surface area (Å²) in [6.07, 6.45) is 0. The van der Waals surface area contributed by atoms with Crippen molar-refractivity contribution in [2.24, 2.45) is 7.05 Å². The zero-order valence-corrected chi connectivity index (χ0v) is 15.1. The van der Waals surface area contributed by atoms with Crippen LogP contribution in [0.5, 0.6) is 0 Å². The van der Waals surface area contributed by atoms with Gasteiger partial charge in [0.2, 0.25) is 5.76 Å². The number of hydrogen-bond acceptors (Lipinski definition) is 5. The zero-order chi connectivity index (χ0) is 19.6. The standard InChI is InChI=1S/C19H18FN3O4/c1-11-18(12(2)23(3)22-11)21-17(24)10-26-19(25)16-9-8-15(27-16)13-6-4-5-7-14(13)20/h4-9H,10H2,1-3H3,(H,21,24). The molecular weight excluding hydrogens is 353 g/mol. The van der Waals surface area contributed by atoms with Gasteiger partial charge >= 0.3 is 5.97 Å². The van der Waals surface area contributed by atoms with Crippen LogP contribution in [-0.2, 0) is 16.6 Å². The van der Waals surface area contributed by atoms with Crippen LogP contribution < -0.4 is 5.32 Å². The fourth-order valence-corrected chi connectivity index (χ4v) is 2.59. The summed E-state index contributed by atoms with van der Waals surface area (Å²) in [5, 5.41) is 6.86. The second-order valence-corrected chi connectivity index (χ2v) is 5.94. The maximum Gasteiger partial charge on any atom is 0.374 e. The molecule has 0 bridgehead atoms. The molecule has 0 aliphatic heterocycles. The number of amides is 1. The molecule has 7 nitrogen and oxygen atoms in total. The van der Waals surface area contributed by atoms with E-state index in [0.717, 1.165) is 5.69 Å². The summed E-state index contributed by atoms with van der Waals surface area (Å²) in [7, 11) is 1.77. The number of aromatic nitrogens is 2. The molecule has 27 heavy (non-hydrogen) atoms. The number of benzene rings is 1. The highest BCUT2D eigenvalue weighted by molar-refractivity contribution is 5.95. The van der Waals surface area contributed by atoms with Crippen LogP contribution >= 0.6 is 0 Å². The average Bonchev–Trinajstić information content (AvgIpc) is 3.21. The fourth-order valence-electron chi connectivity index (χ4n) is 2.59. The first kappa shape index (κ1) is 18.4. The van der Waals surface area contributed by atoms with Crippen molar-refractivity contribution in [1.29, 1.82) is 0 Å². The molecule has 1 aromatic carbocycles. The molecule has 0 atom stereocenters. The molecule has 2 heterocycles. The summed E-state index contributed by atoms with van der Waals surface area (Å²) in [5.41, 5.74) is 2.26. The van der Waals surface area contributed by atoms with Crippen molar-refractivity contribution in [1.82, 2.24) is 9.78 Å². The monoisotopic (exact) mass is 371 g/mol. The van der Waals surface area contributed by atoms with Crippen molar-refractivity contribution in [2.45, 2.75) is 13.8 Å². The van der Waals surface area contributed by atoms with Crippen LogP contribution in [0.15, 0.2) is 40.8 Å². The minimum Gasteiger partial charge on any atom is -0.450 e. The minimum atomic E-state index is -0.813. The number of nitrogens with one attached hydrogen (secondary N) is 1. The third-order valence-corrected chi connectivity index (χ3v) is 4.05. The first-order valence-corrected chi connectivity index (χ1v) is 8.18. The van der Waals surface area contributed by atoms with E-state index in [1.807, 2.05) is 6.92 Å². The molecular formula is C19H18FN3O4. The highest BCUT2D eigenvalue weighted by Crippen LogP contribution is 2.25. The topological polar surface area (TPSA) is 86.4 Å². The molecule has 0 aliphatic carbocycles. The van der Waals surface area contributed by atoms with Gasteiger partial charge in [-0.3, -0.25) is 9.48 Å². The summed E-state index contributed by atoms with van der Waals surface area (Å²) < 4.78 is 25.7. The van der Waals surface area contributed by atoms with E-state index in [0.29, 0.717) is 11.4 Å². The lowest BCUT2D eigenvalue weighted by Gasteiger charge is -2.06. The largest absolute Gasteiger partial charge is 0.450 e. The molecule has 0 saturated heterocycles. The normalized spacial score (nSPS) is 10.7. The van der Waals surface area contributed by atoms with Gasteiger partial charge in [-0.1, -0.05) is 12.1 Å². The van der Waals surface area contributed by atoms with Gasteiger partial charge in [-0.25, -0.2) is 9.18 Å². The van der Waals surface area contributed by atoms with Crippen molar-refractivity contribution >= 4 is 17.6 Å². The van der Waals surface area contributed by atoms with Gasteiger partial charge in [-0.05, 0) is 38.1 Å². The summed E-state index contributed by atoms with van der Waals surface area (Å²) >= 11 is 0. The van der Waals surface area contributed by atoms with E-state index < -0.39 is 24.3 Å². The Morgan fingerprint density at radius 1 is 1.22 bits per heavy atom. The summed E-state index contributed by atoms with van der Waals surface area (Å²) in [5.74, 6) is -1.69. The summed E-state index contributed by atoms with van der Waals surface area (Å²) in [6, 6.07) is 8.89. The molecule has 0 saturated carbocycles. The van der Waals surface area contributed by atoms with Gasteiger partial charge in [0, 0.05) is 7.05 Å². The molecule has 0 radical (unpaired) electrons. The minimum absolute atomic E-state index is 0.116. The van der Waals surface area contributed by atoms with Crippen LogP contribution in [0.1, 0.15) is 21.9 Å². The second kappa shape index (κ2) is 7.45. The van der Waals surface area contributed by atoms with E-state index in [2.05, 4.69) is 10.4 Å². The quantitative estimate of drug-likeness (QED) is 0.696. The molecule has 1 N–H and O–H groups in total. The summed E-state index contributed by atoms with van der Waals surface area (Å²) in [4.78, 5) is 24.1. The molecule has 0 spiro atoms. The van der Waals surface area contributed by atoms with Crippen LogP contribution in [0.4, 0.5) is 10.1 Å². The number of furan rings is 1. The number of carbonyl (C=O) groups excluding carboxylic acids is 2. The number of carbonyl (C=O) groups is 2. The van der Waals surface area contributed by atoms with Crippen LogP contribution in [0.25, 0.3) is 11.3 Å². The Kier molecular flexibility index (Phi) is 5.07. The first-order valence-electron chi connectivity index (χ1n) is 8.18. The molecule has 1 amide bonds. The highest BCUT2D eigenvalue weighted by Gasteiger charge is 2.18. The van der Waals surface area contributed by atoms with Crippen molar-refractivity contribution in [2.75, 3.05) is 11.9 Å². The third-order valence-electron chi connectivity index (χ3n) is 4.05. The number of aryl methyl sites for hydroxylation is 2. The number of rotatable bonds is 5. The number of halogens is 1.